The third-order valence-electron chi connectivity index (χ3n) is 10.3. The second-order valence-electron chi connectivity index (χ2n) is 15.1. The van der Waals surface area contributed by atoms with Gasteiger partial charge >= 0.3 is 29.4 Å². The predicted octanol–water partition coefficient (Wildman–Crippen LogP) is 4.77. The molecule has 4 aromatic rings. The summed E-state index contributed by atoms with van der Waals surface area (Å²) in [5, 5.41) is 26.7. The van der Waals surface area contributed by atoms with Crippen LogP contribution in [0.2, 0.25) is 0 Å². The van der Waals surface area contributed by atoms with Crippen LogP contribution in [0, 0.1) is 11.8 Å². The van der Waals surface area contributed by atoms with Crippen LogP contribution in [0.5, 0.6) is 5.75 Å². The molecule has 0 bridgehead atoms. The van der Waals surface area contributed by atoms with Crippen molar-refractivity contribution >= 4 is 69.1 Å². The van der Waals surface area contributed by atoms with Crippen molar-refractivity contribution in [2.24, 2.45) is 0 Å². The summed E-state index contributed by atoms with van der Waals surface area (Å²) in [6.45, 7) is -0.397. The molecule has 2 amide bonds. The smallest absolute Gasteiger partial charge is 0.490 e. The van der Waals surface area contributed by atoms with Gasteiger partial charge in [-0.15, -0.1) is 0 Å². The molecule has 2 aromatic carbocycles. The lowest BCUT2D eigenvalue weighted by atomic mass is 9.90. The van der Waals surface area contributed by atoms with Crippen molar-refractivity contribution in [2.75, 3.05) is 25.4 Å². The summed E-state index contributed by atoms with van der Waals surface area (Å²) in [5.41, 5.74) is 7.93. The van der Waals surface area contributed by atoms with Crippen LogP contribution in [0.15, 0.2) is 76.3 Å². The maximum absolute atomic E-state index is 13.1. The van der Waals surface area contributed by atoms with Crippen LogP contribution in [-0.4, -0.2) is 87.9 Å². The standard InChI is InChI=1S/C41H41N6O18P3/c42-38-36-24(20-47(39(36)46-22-45-38)35-14-10-27(62-35)21-61-67(57,58)65-68(59,60)64-66(54,55)56)5-4-16-43-34(50)6-2-1-3-15-44-40(51)23-7-11-28(31(17-23)41(52)53)37-29-12-8-25(48)18-32(29)63-33-19-26(49)9-13-30(33)37/h7-9,11-13,17-20,22,27,35,48H,1-3,6,10,14-16,21H2,(H,43,50)(H,44,51)(H,52,53)(H,57,58)(H,59,60)(H2,42,45,46)(H2,54,55,56)/t27-,35+/m0/s1. The van der Waals surface area contributed by atoms with Gasteiger partial charge in [-0.25, -0.2) is 28.5 Å². The molecule has 24 nitrogen and oxygen atoms in total. The molecule has 1 aliphatic carbocycles. The number of aromatic nitrogens is 3. The molecule has 4 atom stereocenters. The SMILES string of the molecule is Nc1ncnc2c1c(C#CCNC(=O)CCCCCNC(=O)c1ccc(-c3c4ccc(=O)cc-4oc4cc(O)ccc34)c(C(=O)O)c1)cn2[C@H]1CC[C@@H](COP(=O)(O)OP(=O)(O)OP(=O)(O)O)O1. The number of phenols is 1. The molecule has 27 heteroatoms. The van der Waals surface area contributed by atoms with E-state index in [0.717, 1.165) is 0 Å². The number of phosphoric acid groups is 3. The van der Waals surface area contributed by atoms with Crippen molar-refractivity contribution in [1.82, 2.24) is 25.2 Å². The van der Waals surface area contributed by atoms with E-state index < -0.39 is 54.3 Å². The van der Waals surface area contributed by atoms with Gasteiger partial charge < -0.3 is 59.9 Å². The zero-order valence-electron chi connectivity index (χ0n) is 35.2. The first-order valence-corrected chi connectivity index (χ1v) is 24.8. The van der Waals surface area contributed by atoms with Crippen LogP contribution in [0.25, 0.3) is 44.5 Å². The number of ether oxygens (including phenoxy) is 1. The Balaban J connectivity index is 0.878. The Morgan fingerprint density at radius 1 is 0.912 bits per heavy atom. The summed E-state index contributed by atoms with van der Waals surface area (Å²) in [4.78, 5) is 95.2. The van der Waals surface area contributed by atoms with Gasteiger partial charge in [-0.3, -0.25) is 18.9 Å². The number of amides is 2. The van der Waals surface area contributed by atoms with Gasteiger partial charge in [0.25, 0.3) is 5.91 Å². The molecule has 358 valence electrons. The van der Waals surface area contributed by atoms with Crippen LogP contribution < -0.4 is 21.8 Å². The average molecular weight is 999 g/mol. The molecule has 0 radical (unpaired) electrons. The quantitative estimate of drug-likeness (QED) is 0.0242. The van der Waals surface area contributed by atoms with E-state index in [2.05, 4.69) is 41.1 Å². The zero-order chi connectivity index (χ0) is 49.0. The Hall–Kier alpha value is -6.31. The summed E-state index contributed by atoms with van der Waals surface area (Å²) in [7, 11) is -16.6. The maximum atomic E-state index is 13.1. The first-order chi connectivity index (χ1) is 32.2. The highest BCUT2D eigenvalue weighted by Gasteiger charge is 2.41. The van der Waals surface area contributed by atoms with E-state index in [1.54, 1.807) is 16.8 Å². The molecule has 1 saturated heterocycles. The Morgan fingerprint density at radius 2 is 1.69 bits per heavy atom. The molecule has 68 heavy (non-hydrogen) atoms. The number of carbonyl (C=O) groups is 3. The summed E-state index contributed by atoms with van der Waals surface area (Å²) in [6.07, 6.45) is 3.64. The molecular formula is C41H41N6O18P3. The van der Waals surface area contributed by atoms with Crippen LogP contribution >= 0.6 is 23.5 Å². The minimum atomic E-state index is -5.69. The summed E-state index contributed by atoms with van der Waals surface area (Å²) in [5.74, 6) is 3.96. The highest BCUT2D eigenvalue weighted by Crippen LogP contribution is 2.66. The molecule has 2 aromatic heterocycles. The largest absolute Gasteiger partial charge is 0.508 e. The van der Waals surface area contributed by atoms with Crippen LogP contribution in [0.3, 0.4) is 0 Å². The minimum Gasteiger partial charge on any atom is -0.508 e. The number of unbranched alkanes of at least 4 members (excludes halogenated alkanes) is 2. The fraction of sp³-hybridized carbons (Fsp3) is 0.268. The first kappa shape index (κ1) is 49.6. The first-order valence-electron chi connectivity index (χ1n) is 20.3. The number of aromatic carboxylic acids is 1. The number of hydrogen-bond acceptors (Lipinski definition) is 16. The zero-order valence-corrected chi connectivity index (χ0v) is 37.9. The van der Waals surface area contributed by atoms with Gasteiger partial charge in [0.15, 0.2) is 5.43 Å². The van der Waals surface area contributed by atoms with Crippen LogP contribution in [0.1, 0.15) is 71.0 Å². The van der Waals surface area contributed by atoms with E-state index in [0.29, 0.717) is 58.8 Å². The Kier molecular flexibility index (Phi) is 15.0. The van der Waals surface area contributed by atoms with Crippen molar-refractivity contribution < 1.29 is 80.2 Å². The number of fused-ring (bicyclic) bond motifs is 3. The maximum Gasteiger partial charge on any atom is 0.490 e. The van der Waals surface area contributed by atoms with Crippen molar-refractivity contribution in [3.8, 4) is 40.0 Å². The van der Waals surface area contributed by atoms with Crippen molar-refractivity contribution in [2.45, 2.75) is 50.9 Å². The van der Waals surface area contributed by atoms with Crippen molar-refractivity contribution in [1.29, 1.82) is 0 Å². The van der Waals surface area contributed by atoms with Crippen molar-refractivity contribution in [3.63, 3.8) is 0 Å². The van der Waals surface area contributed by atoms with Crippen molar-refractivity contribution in [3.05, 3.63) is 94.0 Å². The van der Waals surface area contributed by atoms with Gasteiger partial charge in [-0.05, 0) is 67.6 Å². The molecule has 2 aliphatic heterocycles. The monoisotopic (exact) mass is 998 g/mol. The lowest BCUT2D eigenvalue weighted by molar-refractivity contribution is -0.121. The number of carboxylic acid groups (broad SMARTS) is 1. The Labute approximate surface area is 383 Å². The second-order valence-corrected chi connectivity index (χ2v) is 19.5. The molecule has 1 fully saturated rings. The van der Waals surface area contributed by atoms with Gasteiger partial charge in [-0.1, -0.05) is 24.3 Å². The molecule has 0 spiro atoms. The Morgan fingerprint density at radius 3 is 2.46 bits per heavy atom. The van der Waals surface area contributed by atoms with Gasteiger partial charge in [0.2, 0.25) is 5.91 Å². The van der Waals surface area contributed by atoms with Gasteiger partial charge in [-0.2, -0.15) is 8.62 Å². The van der Waals surface area contributed by atoms with Crippen LogP contribution in [-0.2, 0) is 36.4 Å². The molecule has 7 rings (SSSR count). The molecular weight excluding hydrogens is 957 g/mol. The number of nitrogens with zero attached hydrogens (tertiary/aromatic N) is 3. The lowest BCUT2D eigenvalue weighted by Gasteiger charge is -2.19. The summed E-state index contributed by atoms with van der Waals surface area (Å²) in [6, 6.07) is 12.8. The van der Waals surface area contributed by atoms with E-state index in [4.69, 9.17) is 29.2 Å². The van der Waals surface area contributed by atoms with Gasteiger partial charge in [0, 0.05) is 53.4 Å². The molecule has 3 aliphatic rings. The highest BCUT2D eigenvalue weighted by molar-refractivity contribution is 7.66. The van der Waals surface area contributed by atoms with E-state index in [9.17, 15) is 52.9 Å². The molecule has 10 N–H and O–H groups in total. The number of rotatable bonds is 18. The number of carboxylic acids is 1. The number of phosphoric ester groups is 1. The molecule has 2 unspecified atom stereocenters. The van der Waals surface area contributed by atoms with E-state index in [1.807, 2.05) is 0 Å². The number of hydrogen-bond donors (Lipinski definition) is 9. The van der Waals surface area contributed by atoms with Crippen LogP contribution in [0.4, 0.5) is 5.82 Å². The fourth-order valence-corrected chi connectivity index (χ4v) is 10.5. The summed E-state index contributed by atoms with van der Waals surface area (Å²) >= 11 is 0. The number of aromatic hydroxyl groups is 1. The Bertz CT molecular complexity index is 3180. The number of phenolic OH excluding ortho intramolecular Hbond substituents is 1. The number of nitrogens with one attached hydrogen (secondary N) is 2. The van der Waals surface area contributed by atoms with E-state index in [-0.39, 0.29) is 76.9 Å². The summed E-state index contributed by atoms with van der Waals surface area (Å²) < 4.78 is 60.2. The number of benzene rings is 3. The minimum absolute atomic E-state index is 0.0222. The third kappa shape index (κ3) is 12.2. The lowest BCUT2D eigenvalue weighted by Crippen LogP contribution is -2.25. The predicted molar refractivity (Wildman–Crippen MR) is 239 cm³/mol. The van der Waals surface area contributed by atoms with E-state index in [1.165, 1.54) is 54.9 Å². The normalized spacial score (nSPS) is 16.8. The second kappa shape index (κ2) is 20.5. The molecule has 0 saturated carbocycles. The number of nitrogen functional groups attached to an aromatic ring is 1. The number of nitrogens with two attached hydrogens (primary N) is 1. The van der Waals surface area contributed by atoms with Gasteiger partial charge in [0.1, 0.15) is 41.1 Å². The highest BCUT2D eigenvalue weighted by atomic mass is 31.3. The van der Waals surface area contributed by atoms with Gasteiger partial charge in [0.05, 0.1) is 35.8 Å². The number of anilines is 1. The number of carbonyl (C=O) groups excluding carboxylic acids is 2. The third-order valence-corrected chi connectivity index (χ3v) is 14.1. The average Bonchev–Trinajstić information content (AvgIpc) is 3.88. The topological polar surface area (TPSA) is 372 Å². The fourth-order valence-electron chi connectivity index (χ4n) is 7.41. The molecule has 4 heterocycles. The van der Waals surface area contributed by atoms with E-state index >= 15 is 0 Å².